The normalized spacial score (nSPS) is 16.9. The zero-order valence-corrected chi connectivity index (χ0v) is 15.4. The molecule has 9 nitrogen and oxygen atoms in total. The number of hydrogen-bond donors (Lipinski definition) is 2. The number of piperazine rings is 1. The van der Waals surface area contributed by atoms with Gasteiger partial charge in [0.25, 0.3) is 11.8 Å². The van der Waals surface area contributed by atoms with Gasteiger partial charge in [-0.05, 0) is 12.1 Å². The summed E-state index contributed by atoms with van der Waals surface area (Å²) < 4.78 is 3.31. The molecule has 1 fully saturated rings. The van der Waals surface area contributed by atoms with Crippen molar-refractivity contribution in [1.29, 1.82) is 0 Å². The second kappa shape index (κ2) is 7.28. The van der Waals surface area contributed by atoms with E-state index in [-0.39, 0.29) is 23.3 Å². The Bertz CT molecular complexity index is 1010. The van der Waals surface area contributed by atoms with Gasteiger partial charge in [-0.2, -0.15) is 5.10 Å². The number of carbonyl (C=O) groups excluding carboxylic acids is 2. The lowest BCUT2D eigenvalue weighted by Crippen LogP contribution is -2.49. The summed E-state index contributed by atoms with van der Waals surface area (Å²) >= 11 is 0. The lowest BCUT2D eigenvalue weighted by Gasteiger charge is -2.35. The smallest absolute Gasteiger partial charge is 0.275 e. The maximum Gasteiger partial charge on any atom is 0.275 e. The van der Waals surface area contributed by atoms with Gasteiger partial charge in [-0.25, -0.2) is 9.67 Å². The maximum absolute atomic E-state index is 13.3. The second-order valence-corrected chi connectivity index (χ2v) is 6.64. The SMILES string of the molecule is Cn1ccnc1C1CNCCN1C(=O)c1cc(C(N)=O)n(-c2ccccc2)n1. The average Bonchev–Trinajstić information content (AvgIpc) is 3.35. The van der Waals surface area contributed by atoms with E-state index in [0.29, 0.717) is 25.3 Å². The van der Waals surface area contributed by atoms with Gasteiger partial charge in [0.15, 0.2) is 5.69 Å². The Labute approximate surface area is 161 Å². The highest BCUT2D eigenvalue weighted by Crippen LogP contribution is 2.23. The van der Waals surface area contributed by atoms with Gasteiger partial charge < -0.3 is 20.5 Å². The fourth-order valence-electron chi connectivity index (χ4n) is 3.45. The molecular weight excluding hydrogens is 358 g/mol. The Hall–Kier alpha value is -3.46. The molecule has 0 spiro atoms. The van der Waals surface area contributed by atoms with Crippen LogP contribution in [0.2, 0.25) is 0 Å². The number of aryl methyl sites for hydroxylation is 1. The Kier molecular flexibility index (Phi) is 4.66. The van der Waals surface area contributed by atoms with E-state index in [1.54, 1.807) is 23.2 Å². The number of aromatic nitrogens is 4. The van der Waals surface area contributed by atoms with E-state index < -0.39 is 5.91 Å². The standard InChI is InChI=1S/C19H21N7O2/c1-24-9-8-22-18(24)16-12-21-7-10-25(16)19(28)14-11-15(17(20)27)26(23-14)13-5-3-2-4-6-13/h2-6,8-9,11,16,21H,7,10,12H2,1H3,(H2,20,27). The molecular formula is C19H21N7O2. The van der Waals surface area contributed by atoms with E-state index in [0.717, 1.165) is 5.82 Å². The Morgan fingerprint density at radius 1 is 1.25 bits per heavy atom. The van der Waals surface area contributed by atoms with Gasteiger partial charge in [0.1, 0.15) is 17.6 Å². The van der Waals surface area contributed by atoms with E-state index in [1.165, 1.54) is 10.7 Å². The number of carbonyl (C=O) groups is 2. The largest absolute Gasteiger partial charge is 0.364 e. The van der Waals surface area contributed by atoms with Crippen molar-refractivity contribution in [3.8, 4) is 5.69 Å². The first kappa shape index (κ1) is 17.9. The highest BCUT2D eigenvalue weighted by molar-refractivity contribution is 5.97. The Morgan fingerprint density at radius 2 is 2.04 bits per heavy atom. The van der Waals surface area contributed by atoms with Gasteiger partial charge in [0.05, 0.1) is 5.69 Å². The molecule has 0 aliphatic carbocycles. The van der Waals surface area contributed by atoms with E-state index in [1.807, 2.05) is 36.0 Å². The number of benzene rings is 1. The van der Waals surface area contributed by atoms with E-state index >= 15 is 0 Å². The molecule has 1 aliphatic rings. The summed E-state index contributed by atoms with van der Waals surface area (Å²) in [6.07, 6.45) is 3.56. The fraction of sp³-hybridized carbons (Fsp3) is 0.263. The van der Waals surface area contributed by atoms with Crippen LogP contribution in [0.15, 0.2) is 48.8 Å². The molecule has 28 heavy (non-hydrogen) atoms. The molecule has 1 aliphatic heterocycles. The Balaban J connectivity index is 1.71. The first-order valence-corrected chi connectivity index (χ1v) is 9.00. The third-order valence-electron chi connectivity index (χ3n) is 4.84. The van der Waals surface area contributed by atoms with Crippen LogP contribution >= 0.6 is 0 Å². The van der Waals surface area contributed by atoms with Crippen LogP contribution in [0.5, 0.6) is 0 Å². The number of hydrogen-bond acceptors (Lipinski definition) is 5. The molecule has 0 bridgehead atoms. The van der Waals surface area contributed by atoms with Gasteiger partial charge in [-0.3, -0.25) is 9.59 Å². The van der Waals surface area contributed by atoms with Crippen LogP contribution in [0.3, 0.4) is 0 Å². The number of nitrogens with two attached hydrogens (primary N) is 1. The highest BCUT2D eigenvalue weighted by Gasteiger charge is 2.33. The van der Waals surface area contributed by atoms with Crippen molar-refractivity contribution in [1.82, 2.24) is 29.5 Å². The first-order valence-electron chi connectivity index (χ1n) is 9.00. The molecule has 1 aromatic carbocycles. The predicted octanol–water partition coefficient (Wildman–Crippen LogP) is 0.491. The summed E-state index contributed by atoms with van der Waals surface area (Å²) in [5, 5.41) is 7.69. The van der Waals surface area contributed by atoms with Gasteiger partial charge in [-0.1, -0.05) is 18.2 Å². The molecule has 144 valence electrons. The van der Waals surface area contributed by atoms with Crippen molar-refractivity contribution >= 4 is 11.8 Å². The lowest BCUT2D eigenvalue weighted by atomic mass is 10.1. The highest BCUT2D eigenvalue weighted by atomic mass is 16.2. The van der Waals surface area contributed by atoms with E-state index in [2.05, 4.69) is 15.4 Å². The summed E-state index contributed by atoms with van der Waals surface area (Å²) in [5.74, 6) is -0.110. The fourth-order valence-corrected chi connectivity index (χ4v) is 3.45. The van der Waals surface area contributed by atoms with Crippen LogP contribution in [0, 0.1) is 0 Å². The molecule has 3 heterocycles. The average molecular weight is 379 g/mol. The summed E-state index contributed by atoms with van der Waals surface area (Å²) in [6.45, 7) is 1.79. The van der Waals surface area contributed by atoms with Gasteiger partial charge in [0.2, 0.25) is 0 Å². The quantitative estimate of drug-likeness (QED) is 0.685. The van der Waals surface area contributed by atoms with Crippen molar-refractivity contribution in [2.45, 2.75) is 6.04 Å². The third kappa shape index (κ3) is 3.16. The molecule has 1 saturated heterocycles. The summed E-state index contributed by atoms with van der Waals surface area (Å²) in [4.78, 5) is 31.3. The van der Waals surface area contributed by atoms with E-state index in [9.17, 15) is 9.59 Å². The van der Waals surface area contributed by atoms with Crippen molar-refractivity contribution in [3.05, 3.63) is 66.0 Å². The zero-order valence-electron chi connectivity index (χ0n) is 15.4. The van der Waals surface area contributed by atoms with Crippen LogP contribution < -0.4 is 11.1 Å². The molecule has 2 aromatic heterocycles. The molecule has 3 N–H and O–H groups in total. The van der Waals surface area contributed by atoms with Crippen LogP contribution in [0.25, 0.3) is 5.69 Å². The number of nitrogens with one attached hydrogen (secondary N) is 1. The molecule has 9 heteroatoms. The number of primary amides is 1. The number of para-hydroxylation sites is 1. The summed E-state index contributed by atoms with van der Waals surface area (Å²) in [6, 6.07) is 10.4. The molecule has 1 unspecified atom stereocenters. The van der Waals surface area contributed by atoms with Crippen LogP contribution in [0.4, 0.5) is 0 Å². The van der Waals surface area contributed by atoms with Crippen molar-refractivity contribution in [2.75, 3.05) is 19.6 Å². The molecule has 2 amide bonds. The molecule has 0 radical (unpaired) electrons. The van der Waals surface area contributed by atoms with Crippen LogP contribution in [-0.2, 0) is 7.05 Å². The minimum Gasteiger partial charge on any atom is -0.364 e. The molecule has 4 rings (SSSR count). The summed E-state index contributed by atoms with van der Waals surface area (Å²) in [7, 11) is 1.90. The monoisotopic (exact) mass is 379 g/mol. The lowest BCUT2D eigenvalue weighted by molar-refractivity contribution is 0.0614. The molecule has 0 saturated carbocycles. The first-order chi connectivity index (χ1) is 13.6. The van der Waals surface area contributed by atoms with Crippen LogP contribution in [0.1, 0.15) is 32.8 Å². The van der Waals surface area contributed by atoms with Crippen molar-refractivity contribution < 1.29 is 9.59 Å². The maximum atomic E-state index is 13.3. The number of amides is 2. The number of imidazole rings is 1. The molecule has 3 aromatic rings. The third-order valence-corrected chi connectivity index (χ3v) is 4.84. The Morgan fingerprint density at radius 3 is 2.71 bits per heavy atom. The second-order valence-electron chi connectivity index (χ2n) is 6.64. The minimum absolute atomic E-state index is 0.165. The van der Waals surface area contributed by atoms with Crippen LogP contribution in [-0.4, -0.2) is 55.7 Å². The van der Waals surface area contributed by atoms with Gasteiger partial charge in [-0.15, -0.1) is 0 Å². The topological polar surface area (TPSA) is 111 Å². The van der Waals surface area contributed by atoms with Gasteiger partial charge >= 0.3 is 0 Å². The predicted molar refractivity (Wildman–Crippen MR) is 102 cm³/mol. The minimum atomic E-state index is -0.642. The van der Waals surface area contributed by atoms with Gasteiger partial charge in [0, 0.05) is 45.1 Å². The molecule has 1 atom stereocenters. The zero-order chi connectivity index (χ0) is 19.7. The number of nitrogens with zero attached hydrogens (tertiary/aromatic N) is 5. The summed E-state index contributed by atoms with van der Waals surface area (Å²) in [5.41, 5.74) is 6.53. The number of rotatable bonds is 4. The van der Waals surface area contributed by atoms with E-state index in [4.69, 9.17) is 5.73 Å². The van der Waals surface area contributed by atoms with Crippen molar-refractivity contribution in [3.63, 3.8) is 0 Å². The van der Waals surface area contributed by atoms with Crippen molar-refractivity contribution in [2.24, 2.45) is 12.8 Å².